The van der Waals surface area contributed by atoms with Crippen LogP contribution >= 0.6 is 0 Å². The Kier molecular flexibility index (Phi) is 6.30. The van der Waals surface area contributed by atoms with Crippen LogP contribution in [0, 0.1) is 0 Å². The molecular weight excluding hydrogens is 367 g/mol. The van der Waals surface area contributed by atoms with E-state index in [1.54, 1.807) is 24.1 Å². The average molecular weight is 387 g/mol. The Bertz CT molecular complexity index is 834. The summed E-state index contributed by atoms with van der Waals surface area (Å²) in [7, 11) is -0.294. The lowest BCUT2D eigenvalue weighted by molar-refractivity contribution is -0.137. The Labute approximate surface area is 151 Å². The highest BCUT2D eigenvalue weighted by Crippen LogP contribution is 2.29. The highest BCUT2D eigenvalue weighted by atomic mass is 32.2. The quantitative estimate of drug-likeness (QED) is 0.728. The van der Waals surface area contributed by atoms with E-state index in [0.717, 1.165) is 12.1 Å². The third kappa shape index (κ3) is 5.47. The molecule has 4 nitrogen and oxygen atoms in total. The summed E-state index contributed by atoms with van der Waals surface area (Å²) >= 11 is 0. The largest absolute Gasteiger partial charge is 0.497 e. The fourth-order valence-corrected chi connectivity index (χ4v) is 3.75. The lowest BCUT2D eigenvalue weighted by Gasteiger charge is -2.17. The van der Waals surface area contributed by atoms with Crippen molar-refractivity contribution in [3.63, 3.8) is 0 Å². The van der Waals surface area contributed by atoms with E-state index in [1.165, 1.54) is 31.4 Å². The zero-order valence-corrected chi connectivity index (χ0v) is 15.3. The third-order valence-corrected chi connectivity index (χ3v) is 5.57. The molecular formula is C18H20F3NO3S. The van der Waals surface area contributed by atoms with Crippen molar-refractivity contribution in [2.24, 2.45) is 0 Å². The first-order valence-electron chi connectivity index (χ1n) is 7.83. The van der Waals surface area contributed by atoms with Crippen molar-refractivity contribution in [3.05, 3.63) is 59.7 Å². The van der Waals surface area contributed by atoms with Crippen LogP contribution in [0.5, 0.6) is 5.75 Å². The van der Waals surface area contributed by atoms with E-state index in [4.69, 9.17) is 4.74 Å². The summed E-state index contributed by atoms with van der Waals surface area (Å²) in [5, 5.41) is 0. The third-order valence-electron chi connectivity index (χ3n) is 3.88. The van der Waals surface area contributed by atoms with Gasteiger partial charge in [0, 0.05) is 13.1 Å². The van der Waals surface area contributed by atoms with Crippen LogP contribution in [0.25, 0.3) is 0 Å². The van der Waals surface area contributed by atoms with E-state index in [0.29, 0.717) is 17.9 Å². The SMILES string of the molecule is COc1cccc(S(=O)(=O)CCN(C)Cc2ccc(C(F)(F)F)cc2)c1. The van der Waals surface area contributed by atoms with Crippen molar-refractivity contribution in [1.82, 2.24) is 4.90 Å². The second-order valence-electron chi connectivity index (χ2n) is 5.93. The standard InChI is InChI=1S/C18H20F3NO3S/c1-22(13-14-6-8-15(9-7-14)18(19,20)21)10-11-26(23,24)17-5-3-4-16(12-17)25-2/h3-9,12H,10-11,13H2,1-2H3. The summed E-state index contributed by atoms with van der Waals surface area (Å²) < 4.78 is 67.5. The van der Waals surface area contributed by atoms with Crippen molar-refractivity contribution in [1.29, 1.82) is 0 Å². The summed E-state index contributed by atoms with van der Waals surface area (Å²) in [6, 6.07) is 11.1. The first-order valence-corrected chi connectivity index (χ1v) is 9.48. The molecule has 0 atom stereocenters. The van der Waals surface area contributed by atoms with E-state index in [9.17, 15) is 21.6 Å². The minimum absolute atomic E-state index is 0.0999. The number of alkyl halides is 3. The number of rotatable bonds is 7. The maximum atomic E-state index is 12.6. The van der Waals surface area contributed by atoms with Crippen LogP contribution in [0.3, 0.4) is 0 Å². The van der Waals surface area contributed by atoms with Gasteiger partial charge in [-0.1, -0.05) is 18.2 Å². The van der Waals surface area contributed by atoms with Crippen LogP contribution in [-0.2, 0) is 22.6 Å². The molecule has 0 aliphatic carbocycles. The number of hydrogen-bond acceptors (Lipinski definition) is 4. The average Bonchev–Trinajstić information content (AvgIpc) is 2.60. The van der Waals surface area contributed by atoms with Crippen LogP contribution in [0.15, 0.2) is 53.4 Å². The normalized spacial score (nSPS) is 12.4. The summed E-state index contributed by atoms with van der Waals surface area (Å²) in [6.07, 6.45) is -4.37. The Hall–Kier alpha value is -2.06. The minimum Gasteiger partial charge on any atom is -0.497 e. The fourth-order valence-electron chi connectivity index (χ4n) is 2.38. The lowest BCUT2D eigenvalue weighted by atomic mass is 10.1. The molecule has 0 N–H and O–H groups in total. The second kappa shape index (κ2) is 8.09. The molecule has 0 radical (unpaired) electrons. The van der Waals surface area contributed by atoms with Crippen molar-refractivity contribution >= 4 is 9.84 Å². The van der Waals surface area contributed by atoms with Gasteiger partial charge < -0.3 is 9.64 Å². The highest BCUT2D eigenvalue weighted by molar-refractivity contribution is 7.91. The van der Waals surface area contributed by atoms with Gasteiger partial charge in [0.25, 0.3) is 0 Å². The first kappa shape index (κ1) is 20.3. The molecule has 142 valence electrons. The molecule has 8 heteroatoms. The number of benzene rings is 2. The molecule has 0 spiro atoms. The molecule has 26 heavy (non-hydrogen) atoms. The smallest absolute Gasteiger partial charge is 0.416 e. The zero-order chi connectivity index (χ0) is 19.4. The molecule has 0 fully saturated rings. The maximum Gasteiger partial charge on any atom is 0.416 e. The van der Waals surface area contributed by atoms with Gasteiger partial charge in [-0.3, -0.25) is 0 Å². The molecule has 0 saturated carbocycles. The van der Waals surface area contributed by atoms with Gasteiger partial charge in [-0.05, 0) is 42.9 Å². The van der Waals surface area contributed by atoms with Gasteiger partial charge >= 0.3 is 6.18 Å². The Morgan fingerprint density at radius 2 is 1.73 bits per heavy atom. The van der Waals surface area contributed by atoms with Gasteiger partial charge in [0.1, 0.15) is 5.75 Å². The second-order valence-corrected chi connectivity index (χ2v) is 8.04. The molecule has 0 aromatic heterocycles. The molecule has 2 rings (SSSR count). The van der Waals surface area contributed by atoms with E-state index in [-0.39, 0.29) is 17.2 Å². The van der Waals surface area contributed by atoms with Crippen molar-refractivity contribution < 1.29 is 26.3 Å². The molecule has 0 heterocycles. The number of sulfone groups is 1. The van der Waals surface area contributed by atoms with Crippen LogP contribution in [0.4, 0.5) is 13.2 Å². The monoisotopic (exact) mass is 387 g/mol. The van der Waals surface area contributed by atoms with E-state index < -0.39 is 21.6 Å². The number of halogens is 3. The Morgan fingerprint density at radius 3 is 2.31 bits per heavy atom. The minimum atomic E-state index is -4.37. The fraction of sp³-hybridized carbons (Fsp3) is 0.333. The predicted octanol–water partition coefficient (Wildman–Crippen LogP) is 3.62. The molecule has 0 aliphatic heterocycles. The van der Waals surface area contributed by atoms with Gasteiger partial charge in [-0.15, -0.1) is 0 Å². The highest BCUT2D eigenvalue weighted by Gasteiger charge is 2.29. The number of hydrogen-bond donors (Lipinski definition) is 0. The van der Waals surface area contributed by atoms with Crippen molar-refractivity contribution in [3.8, 4) is 5.75 Å². The van der Waals surface area contributed by atoms with Gasteiger partial charge in [-0.2, -0.15) is 13.2 Å². The van der Waals surface area contributed by atoms with Crippen molar-refractivity contribution in [2.45, 2.75) is 17.6 Å². The van der Waals surface area contributed by atoms with Crippen LogP contribution < -0.4 is 4.74 Å². The van der Waals surface area contributed by atoms with Gasteiger partial charge in [0.2, 0.25) is 0 Å². The van der Waals surface area contributed by atoms with Gasteiger partial charge in [-0.25, -0.2) is 8.42 Å². The van der Waals surface area contributed by atoms with E-state index >= 15 is 0 Å². The summed E-state index contributed by atoms with van der Waals surface area (Å²) in [5.74, 6) is 0.362. The van der Waals surface area contributed by atoms with E-state index in [1.807, 2.05) is 0 Å². The maximum absolute atomic E-state index is 12.6. The first-order chi connectivity index (χ1) is 12.1. The molecule has 0 unspecified atom stereocenters. The predicted molar refractivity (Wildman–Crippen MR) is 92.8 cm³/mol. The van der Waals surface area contributed by atoms with Gasteiger partial charge in [0.05, 0.1) is 23.3 Å². The van der Waals surface area contributed by atoms with Crippen LogP contribution in [0.2, 0.25) is 0 Å². The van der Waals surface area contributed by atoms with Crippen molar-refractivity contribution in [2.75, 3.05) is 26.5 Å². The van der Waals surface area contributed by atoms with Crippen LogP contribution in [0.1, 0.15) is 11.1 Å². The molecule has 0 amide bonds. The Balaban J connectivity index is 1.96. The molecule has 0 aliphatic rings. The number of methoxy groups -OCH3 is 1. The molecule has 2 aromatic rings. The number of ether oxygens (including phenoxy) is 1. The topological polar surface area (TPSA) is 46.6 Å². The van der Waals surface area contributed by atoms with Crippen LogP contribution in [-0.4, -0.2) is 39.8 Å². The molecule has 2 aromatic carbocycles. The van der Waals surface area contributed by atoms with E-state index in [2.05, 4.69) is 0 Å². The summed E-state index contributed by atoms with van der Waals surface area (Å²) in [6.45, 7) is 0.604. The summed E-state index contributed by atoms with van der Waals surface area (Å²) in [4.78, 5) is 1.93. The summed E-state index contributed by atoms with van der Waals surface area (Å²) in [5.41, 5.74) is -0.0243. The lowest BCUT2D eigenvalue weighted by Crippen LogP contribution is -2.25. The molecule has 0 bridgehead atoms. The van der Waals surface area contributed by atoms with Gasteiger partial charge in [0.15, 0.2) is 9.84 Å². The number of nitrogens with zero attached hydrogens (tertiary/aromatic N) is 1. The molecule has 0 saturated heterocycles. The zero-order valence-electron chi connectivity index (χ0n) is 14.5. The Morgan fingerprint density at radius 1 is 1.08 bits per heavy atom.